The number of nitrogens with zero attached hydrogens (tertiary/aromatic N) is 1. The predicted octanol–water partition coefficient (Wildman–Crippen LogP) is 3.97. The molecule has 0 unspecified atom stereocenters. The van der Waals surface area contributed by atoms with Crippen molar-refractivity contribution in [3.8, 4) is 5.75 Å². The van der Waals surface area contributed by atoms with Crippen LogP contribution in [0.15, 0.2) is 24.3 Å². The van der Waals surface area contributed by atoms with E-state index in [-0.39, 0.29) is 51.0 Å². The van der Waals surface area contributed by atoms with E-state index in [9.17, 15) is 14.4 Å². The quantitative estimate of drug-likeness (QED) is 0.307. The molecule has 1 heterocycles. The first-order valence-electron chi connectivity index (χ1n) is 10.5. The summed E-state index contributed by atoms with van der Waals surface area (Å²) in [5.41, 5.74) is 0.741. The molecule has 2 bridgehead atoms. The Hall–Kier alpha value is -1.41. The van der Waals surface area contributed by atoms with Gasteiger partial charge in [0.2, 0.25) is 17.7 Å². The molecule has 2 saturated carbocycles. The Kier molecular flexibility index (Phi) is 6.53. The Labute approximate surface area is 193 Å². The van der Waals surface area contributed by atoms with Gasteiger partial charge in [0.1, 0.15) is 5.75 Å². The summed E-state index contributed by atoms with van der Waals surface area (Å²) >= 11 is 7.42. The molecule has 6 nitrogen and oxygen atoms in total. The van der Waals surface area contributed by atoms with Crippen LogP contribution < -0.4 is 10.1 Å². The number of nitrogens with one attached hydrogen (secondary N) is 1. The van der Waals surface area contributed by atoms with E-state index in [1.54, 1.807) is 31.4 Å². The number of amides is 3. The van der Waals surface area contributed by atoms with Crippen LogP contribution in [-0.2, 0) is 14.4 Å². The first kappa shape index (κ1) is 21.8. The zero-order valence-corrected chi connectivity index (χ0v) is 20.0. The molecule has 1 aromatic rings. The van der Waals surface area contributed by atoms with Gasteiger partial charge in [0.25, 0.3) is 0 Å². The van der Waals surface area contributed by atoms with Crippen LogP contribution in [-0.4, -0.2) is 45.9 Å². The molecule has 2 aliphatic carbocycles. The van der Waals surface area contributed by atoms with Crippen LogP contribution in [0.1, 0.15) is 32.1 Å². The lowest BCUT2D eigenvalue weighted by Gasteiger charge is -2.28. The third-order valence-corrected chi connectivity index (χ3v) is 9.94. The van der Waals surface area contributed by atoms with Gasteiger partial charge in [0, 0.05) is 28.3 Å². The molecule has 1 aliphatic heterocycles. The lowest BCUT2D eigenvalue weighted by atomic mass is 9.81. The standard InChI is InChI=1S/C22H26Br2N2O4/c1-30-13-8-6-12(7-9-13)25-16(27)5-3-2-4-10-26-21(28)17-14-11-15(18(17)22(26)29)20(24)19(14)23/h6-9,14-15,17-20H,2-5,10-11H2,1H3,(H,25,27)/t14-,15-,17-,18+,19+,20+/m1/s1. The molecule has 4 rings (SSSR count). The number of alkyl halides is 2. The first-order valence-corrected chi connectivity index (χ1v) is 12.3. The number of likely N-dealkylation sites (tertiary alicyclic amines) is 1. The zero-order valence-electron chi connectivity index (χ0n) is 16.9. The van der Waals surface area contributed by atoms with Gasteiger partial charge in [-0.1, -0.05) is 38.3 Å². The largest absolute Gasteiger partial charge is 0.497 e. The van der Waals surface area contributed by atoms with Gasteiger partial charge in [-0.25, -0.2) is 0 Å². The fourth-order valence-electron chi connectivity index (χ4n) is 5.26. The van der Waals surface area contributed by atoms with Gasteiger partial charge >= 0.3 is 0 Å². The first-order chi connectivity index (χ1) is 14.4. The van der Waals surface area contributed by atoms with Gasteiger partial charge in [-0.05, 0) is 55.4 Å². The van der Waals surface area contributed by atoms with Crippen LogP contribution in [0.3, 0.4) is 0 Å². The van der Waals surface area contributed by atoms with Crippen molar-refractivity contribution in [1.29, 1.82) is 0 Å². The third kappa shape index (κ3) is 3.93. The number of carbonyl (C=O) groups is 3. The third-order valence-electron chi connectivity index (χ3n) is 6.74. The maximum absolute atomic E-state index is 12.9. The fraction of sp³-hybridized carbons (Fsp3) is 0.591. The van der Waals surface area contributed by atoms with Crippen molar-refractivity contribution in [2.24, 2.45) is 23.7 Å². The second kappa shape index (κ2) is 8.99. The van der Waals surface area contributed by atoms with Crippen LogP contribution in [0.5, 0.6) is 5.75 Å². The van der Waals surface area contributed by atoms with Crippen molar-refractivity contribution in [3.05, 3.63) is 24.3 Å². The molecule has 3 amide bonds. The van der Waals surface area contributed by atoms with E-state index >= 15 is 0 Å². The highest BCUT2D eigenvalue weighted by Gasteiger charge is 2.66. The average molecular weight is 542 g/mol. The second-order valence-electron chi connectivity index (χ2n) is 8.42. The van der Waals surface area contributed by atoms with E-state index in [4.69, 9.17) is 4.74 Å². The highest BCUT2D eigenvalue weighted by Crippen LogP contribution is 2.60. The highest BCUT2D eigenvalue weighted by atomic mass is 79.9. The molecule has 6 atom stereocenters. The molecule has 30 heavy (non-hydrogen) atoms. The number of fused-ring (bicyclic) bond motifs is 5. The molecule has 8 heteroatoms. The monoisotopic (exact) mass is 540 g/mol. The minimum absolute atomic E-state index is 0.0126. The maximum Gasteiger partial charge on any atom is 0.233 e. The fourth-order valence-corrected chi connectivity index (χ4v) is 7.13. The van der Waals surface area contributed by atoms with E-state index in [0.717, 1.165) is 37.1 Å². The summed E-state index contributed by atoms with van der Waals surface area (Å²) in [6.45, 7) is 0.462. The topological polar surface area (TPSA) is 75.7 Å². The Balaban J connectivity index is 1.19. The summed E-state index contributed by atoms with van der Waals surface area (Å²) < 4.78 is 5.10. The van der Waals surface area contributed by atoms with Crippen LogP contribution in [0, 0.1) is 23.7 Å². The van der Waals surface area contributed by atoms with Gasteiger partial charge in [-0.2, -0.15) is 0 Å². The molecule has 3 aliphatic rings. The maximum atomic E-state index is 12.9. The summed E-state index contributed by atoms with van der Waals surface area (Å²) in [6.07, 6.45) is 3.63. The number of halogens is 2. The lowest BCUT2D eigenvalue weighted by molar-refractivity contribution is -0.140. The Bertz CT molecular complexity index is 799. The van der Waals surface area contributed by atoms with Gasteiger partial charge in [0.05, 0.1) is 18.9 Å². The van der Waals surface area contributed by atoms with Gasteiger partial charge in [0.15, 0.2) is 0 Å². The summed E-state index contributed by atoms with van der Waals surface area (Å²) in [4.78, 5) is 39.8. The van der Waals surface area contributed by atoms with Crippen molar-refractivity contribution in [3.63, 3.8) is 0 Å². The second-order valence-corrected chi connectivity index (χ2v) is 10.5. The molecule has 1 saturated heterocycles. The molecular formula is C22H26Br2N2O4. The average Bonchev–Trinajstić information content (AvgIpc) is 3.34. The summed E-state index contributed by atoms with van der Waals surface area (Å²) in [5.74, 6) is 0.963. The molecular weight excluding hydrogens is 516 g/mol. The smallest absolute Gasteiger partial charge is 0.233 e. The zero-order chi connectivity index (χ0) is 21.4. The summed E-state index contributed by atoms with van der Waals surface area (Å²) in [6, 6.07) is 7.22. The molecule has 0 aromatic heterocycles. The van der Waals surface area contributed by atoms with Crippen LogP contribution in [0.4, 0.5) is 5.69 Å². The Morgan fingerprint density at radius 1 is 1.03 bits per heavy atom. The van der Waals surface area contributed by atoms with Crippen molar-refractivity contribution in [2.45, 2.75) is 41.8 Å². The number of methoxy groups -OCH3 is 1. The number of carbonyl (C=O) groups excluding carboxylic acids is 3. The minimum Gasteiger partial charge on any atom is -0.497 e. The van der Waals surface area contributed by atoms with Crippen molar-refractivity contribution >= 4 is 55.3 Å². The van der Waals surface area contributed by atoms with Gasteiger partial charge in [-0.3, -0.25) is 19.3 Å². The molecule has 0 radical (unpaired) electrons. The molecule has 3 fully saturated rings. The molecule has 162 valence electrons. The van der Waals surface area contributed by atoms with Gasteiger partial charge < -0.3 is 10.1 Å². The predicted molar refractivity (Wildman–Crippen MR) is 121 cm³/mol. The van der Waals surface area contributed by atoms with E-state index in [1.807, 2.05) is 0 Å². The van der Waals surface area contributed by atoms with E-state index in [1.165, 1.54) is 4.90 Å². The van der Waals surface area contributed by atoms with Crippen LogP contribution in [0.2, 0.25) is 0 Å². The summed E-state index contributed by atoms with van der Waals surface area (Å²) in [7, 11) is 1.60. The normalized spacial score (nSPS) is 31.9. The number of ether oxygens (including phenoxy) is 1. The van der Waals surface area contributed by atoms with E-state index in [2.05, 4.69) is 37.2 Å². The van der Waals surface area contributed by atoms with Crippen LogP contribution >= 0.6 is 31.9 Å². The number of imide groups is 1. The number of rotatable bonds is 8. The summed E-state index contributed by atoms with van der Waals surface area (Å²) in [5, 5.41) is 2.87. The Morgan fingerprint density at radius 3 is 2.20 bits per heavy atom. The molecule has 1 N–H and O–H groups in total. The van der Waals surface area contributed by atoms with Crippen LogP contribution in [0.25, 0.3) is 0 Å². The number of anilines is 1. The number of hydrogen-bond donors (Lipinski definition) is 1. The van der Waals surface area contributed by atoms with Crippen molar-refractivity contribution < 1.29 is 19.1 Å². The van der Waals surface area contributed by atoms with E-state index < -0.39 is 0 Å². The van der Waals surface area contributed by atoms with Crippen molar-refractivity contribution in [2.75, 3.05) is 19.0 Å². The highest BCUT2D eigenvalue weighted by molar-refractivity contribution is 9.12. The van der Waals surface area contributed by atoms with E-state index in [0.29, 0.717) is 13.0 Å². The SMILES string of the molecule is COc1ccc(NC(=O)CCCCCN2C(=O)[C@@H]3[C@H]4C[C@@H]([C@H](Br)[C@H]4Br)[C@@H]3C2=O)cc1. The minimum atomic E-state index is -0.143. The number of hydrogen-bond acceptors (Lipinski definition) is 4. The number of unbranched alkanes of at least 4 members (excludes halogenated alkanes) is 2. The Morgan fingerprint density at radius 2 is 1.63 bits per heavy atom. The van der Waals surface area contributed by atoms with Gasteiger partial charge in [-0.15, -0.1) is 0 Å². The molecule has 0 spiro atoms. The van der Waals surface area contributed by atoms with Crippen molar-refractivity contribution in [1.82, 2.24) is 4.90 Å². The molecule has 1 aromatic carbocycles. The lowest BCUT2D eigenvalue weighted by Crippen LogP contribution is -2.37. The number of benzene rings is 1.